The highest BCUT2D eigenvalue weighted by molar-refractivity contribution is 6.03. The first-order valence-corrected chi connectivity index (χ1v) is 8.33. The highest BCUT2D eigenvalue weighted by Gasteiger charge is 2.24. The molecule has 1 unspecified atom stereocenters. The van der Waals surface area contributed by atoms with Gasteiger partial charge in [-0.3, -0.25) is 10.1 Å². The molecular weight excluding hydrogens is 348 g/mol. The zero-order valence-corrected chi connectivity index (χ0v) is 14.6. The fourth-order valence-corrected chi connectivity index (χ4v) is 2.42. The van der Waals surface area contributed by atoms with E-state index in [1.165, 1.54) is 6.92 Å². The Bertz CT molecular complexity index is 892. The zero-order chi connectivity index (χ0) is 19.2. The Labute approximate surface area is 156 Å². The molecule has 0 saturated carbocycles. The molecular formula is C20H18N2O5. The van der Waals surface area contributed by atoms with Crippen molar-refractivity contribution < 1.29 is 23.9 Å². The topological polar surface area (TPSA) is 93.7 Å². The van der Waals surface area contributed by atoms with Crippen molar-refractivity contribution >= 4 is 29.7 Å². The van der Waals surface area contributed by atoms with Gasteiger partial charge in [0.2, 0.25) is 0 Å². The van der Waals surface area contributed by atoms with Crippen molar-refractivity contribution in [3.63, 3.8) is 0 Å². The van der Waals surface area contributed by atoms with Gasteiger partial charge in [0.15, 0.2) is 6.10 Å². The van der Waals surface area contributed by atoms with Crippen LogP contribution in [-0.2, 0) is 14.3 Å². The van der Waals surface area contributed by atoms with E-state index in [1.807, 2.05) is 18.2 Å². The average molecular weight is 366 g/mol. The van der Waals surface area contributed by atoms with Crippen molar-refractivity contribution in [2.45, 2.75) is 13.0 Å². The van der Waals surface area contributed by atoms with E-state index < -0.39 is 24.0 Å². The third-order valence-corrected chi connectivity index (χ3v) is 3.82. The van der Waals surface area contributed by atoms with E-state index in [1.54, 1.807) is 42.5 Å². The number of hydrogen-bond acceptors (Lipinski definition) is 5. The summed E-state index contributed by atoms with van der Waals surface area (Å²) in [5.41, 5.74) is 1.59. The van der Waals surface area contributed by atoms with Crippen molar-refractivity contribution in [2.24, 2.45) is 0 Å². The Kier molecular flexibility index (Phi) is 5.51. The number of imide groups is 1. The number of carbonyl (C=O) groups excluding carboxylic acids is 3. The smallest absolute Gasteiger partial charge is 0.338 e. The lowest BCUT2D eigenvalue weighted by Gasteiger charge is -2.18. The number of benzene rings is 2. The third kappa shape index (κ3) is 4.72. The number of urea groups is 1. The van der Waals surface area contributed by atoms with E-state index in [4.69, 9.17) is 9.47 Å². The van der Waals surface area contributed by atoms with E-state index in [9.17, 15) is 14.4 Å². The number of nitrogens with one attached hydrogen (secondary N) is 2. The summed E-state index contributed by atoms with van der Waals surface area (Å²) in [6.07, 6.45) is 0.519. The summed E-state index contributed by atoms with van der Waals surface area (Å²) in [4.78, 5) is 36.1. The molecule has 3 amide bonds. The van der Waals surface area contributed by atoms with Gasteiger partial charge in [-0.1, -0.05) is 36.4 Å². The fraction of sp³-hybridized carbons (Fsp3) is 0.150. The van der Waals surface area contributed by atoms with Gasteiger partial charge < -0.3 is 14.8 Å². The van der Waals surface area contributed by atoms with Crippen LogP contribution in [-0.4, -0.2) is 30.6 Å². The van der Waals surface area contributed by atoms with Crippen LogP contribution in [0.4, 0.5) is 10.5 Å². The van der Waals surface area contributed by atoms with Gasteiger partial charge in [0, 0.05) is 11.3 Å². The highest BCUT2D eigenvalue weighted by Crippen LogP contribution is 2.26. The first-order valence-electron chi connectivity index (χ1n) is 8.33. The van der Waals surface area contributed by atoms with Crippen LogP contribution in [0.5, 0.6) is 5.75 Å². The lowest BCUT2D eigenvalue weighted by molar-refractivity contribution is -0.151. The van der Waals surface area contributed by atoms with Crippen molar-refractivity contribution in [1.82, 2.24) is 5.32 Å². The van der Waals surface area contributed by atoms with Gasteiger partial charge in [0.25, 0.3) is 5.91 Å². The van der Waals surface area contributed by atoms with Gasteiger partial charge in [-0.15, -0.1) is 0 Å². The maximum atomic E-state index is 12.2. The molecule has 0 fully saturated rings. The molecule has 27 heavy (non-hydrogen) atoms. The van der Waals surface area contributed by atoms with E-state index in [2.05, 4.69) is 10.6 Å². The van der Waals surface area contributed by atoms with E-state index in [0.29, 0.717) is 17.0 Å². The van der Waals surface area contributed by atoms with Crippen LogP contribution in [0.2, 0.25) is 0 Å². The Morgan fingerprint density at radius 3 is 2.52 bits per heavy atom. The second-order valence-electron chi connectivity index (χ2n) is 5.85. The van der Waals surface area contributed by atoms with Gasteiger partial charge in [-0.2, -0.15) is 0 Å². The third-order valence-electron chi connectivity index (χ3n) is 3.82. The molecule has 1 aliphatic rings. The first-order chi connectivity index (χ1) is 13.0. The van der Waals surface area contributed by atoms with Crippen LogP contribution in [0.15, 0.2) is 60.2 Å². The van der Waals surface area contributed by atoms with Gasteiger partial charge >= 0.3 is 12.0 Å². The first kappa shape index (κ1) is 18.2. The number of rotatable bonds is 4. The monoisotopic (exact) mass is 366 g/mol. The minimum atomic E-state index is -1.14. The quantitative estimate of drug-likeness (QED) is 0.812. The predicted molar refractivity (Wildman–Crippen MR) is 99.1 cm³/mol. The number of para-hydroxylation sites is 2. The molecule has 138 valence electrons. The second kappa shape index (κ2) is 8.18. The number of anilines is 1. The summed E-state index contributed by atoms with van der Waals surface area (Å²) >= 11 is 0. The minimum absolute atomic E-state index is 0.0542. The number of carbonyl (C=O) groups is 3. The van der Waals surface area contributed by atoms with Crippen molar-refractivity contribution in [1.29, 1.82) is 0 Å². The number of amides is 3. The number of hydrogen-bond donors (Lipinski definition) is 2. The molecule has 0 aromatic heterocycles. The molecule has 1 aliphatic heterocycles. The van der Waals surface area contributed by atoms with E-state index in [-0.39, 0.29) is 6.61 Å². The summed E-state index contributed by atoms with van der Waals surface area (Å²) in [5.74, 6) is -0.720. The molecule has 2 N–H and O–H groups in total. The van der Waals surface area contributed by atoms with Gasteiger partial charge in [0.1, 0.15) is 12.4 Å². The lowest BCUT2D eigenvalue weighted by atomic mass is 10.1. The summed E-state index contributed by atoms with van der Waals surface area (Å²) in [6, 6.07) is 15.2. The largest absolute Gasteiger partial charge is 0.488 e. The second-order valence-corrected chi connectivity index (χ2v) is 5.85. The van der Waals surface area contributed by atoms with Crippen molar-refractivity contribution in [2.75, 3.05) is 11.9 Å². The van der Waals surface area contributed by atoms with Crippen LogP contribution in [0.25, 0.3) is 6.08 Å². The minimum Gasteiger partial charge on any atom is -0.488 e. The lowest BCUT2D eigenvalue weighted by Crippen LogP contribution is -2.42. The molecule has 3 rings (SSSR count). The van der Waals surface area contributed by atoms with Crippen LogP contribution < -0.4 is 15.4 Å². The molecule has 0 aliphatic carbocycles. The molecule has 0 radical (unpaired) electrons. The maximum Gasteiger partial charge on any atom is 0.338 e. The normalized spacial score (nSPS) is 13.3. The molecule has 2 aromatic carbocycles. The molecule has 0 spiro atoms. The Morgan fingerprint density at radius 2 is 1.74 bits per heavy atom. The summed E-state index contributed by atoms with van der Waals surface area (Å²) < 4.78 is 10.6. The van der Waals surface area contributed by atoms with Crippen LogP contribution >= 0.6 is 0 Å². The van der Waals surface area contributed by atoms with Crippen molar-refractivity contribution in [3.8, 4) is 5.75 Å². The molecule has 1 heterocycles. The standard InChI is InChI=1S/C20H18N2O5/c1-13(18(23)22-20(25)21-16-8-3-2-4-9-16)27-19(24)15-11-14-7-5-6-10-17(14)26-12-15/h2-11,13H,12H2,1H3,(H2,21,22,23,25). The average Bonchev–Trinajstić information content (AvgIpc) is 2.68. The number of fused-ring (bicyclic) bond motifs is 1. The summed E-state index contributed by atoms with van der Waals surface area (Å²) in [6.45, 7) is 1.44. The molecule has 7 nitrogen and oxygen atoms in total. The SMILES string of the molecule is CC(OC(=O)C1=Cc2ccccc2OC1)C(=O)NC(=O)Nc1ccccc1. The maximum absolute atomic E-state index is 12.2. The van der Waals surface area contributed by atoms with Gasteiger partial charge in [0.05, 0.1) is 5.57 Å². The van der Waals surface area contributed by atoms with Crippen LogP contribution in [0.3, 0.4) is 0 Å². The zero-order valence-electron chi connectivity index (χ0n) is 14.6. The predicted octanol–water partition coefficient (Wildman–Crippen LogP) is 2.74. The molecule has 2 aromatic rings. The Balaban J connectivity index is 1.54. The molecule has 1 atom stereocenters. The van der Waals surface area contributed by atoms with E-state index >= 15 is 0 Å². The fourth-order valence-electron chi connectivity index (χ4n) is 2.42. The van der Waals surface area contributed by atoms with Crippen molar-refractivity contribution in [3.05, 3.63) is 65.7 Å². The molecule has 7 heteroatoms. The summed E-state index contributed by atoms with van der Waals surface area (Å²) in [7, 11) is 0. The molecule has 0 saturated heterocycles. The number of ether oxygens (including phenoxy) is 2. The Hall–Kier alpha value is -3.61. The van der Waals surface area contributed by atoms with Crippen LogP contribution in [0.1, 0.15) is 12.5 Å². The Morgan fingerprint density at radius 1 is 1.04 bits per heavy atom. The summed E-state index contributed by atoms with van der Waals surface area (Å²) in [5, 5.41) is 4.65. The van der Waals surface area contributed by atoms with Gasteiger partial charge in [-0.25, -0.2) is 9.59 Å². The van der Waals surface area contributed by atoms with Gasteiger partial charge in [-0.05, 0) is 31.2 Å². The van der Waals surface area contributed by atoms with Crippen LogP contribution in [0, 0.1) is 0 Å². The number of esters is 1. The molecule has 0 bridgehead atoms. The van der Waals surface area contributed by atoms with E-state index in [0.717, 1.165) is 5.56 Å². The highest BCUT2D eigenvalue weighted by atomic mass is 16.6.